The lowest BCUT2D eigenvalue weighted by molar-refractivity contribution is 0.100. The van der Waals surface area contributed by atoms with Crippen LogP contribution in [0.5, 0.6) is 0 Å². The van der Waals surface area contributed by atoms with Crippen LogP contribution in [0.2, 0.25) is 5.02 Å². The van der Waals surface area contributed by atoms with Crippen LogP contribution in [-0.4, -0.2) is 10.9 Å². The van der Waals surface area contributed by atoms with Crippen molar-refractivity contribution in [3.63, 3.8) is 0 Å². The Balaban J connectivity index is 2.36. The minimum Gasteiger partial charge on any atom is -0.399 e. The molecule has 1 atom stereocenters. The number of rotatable bonds is 4. The molecule has 104 valence electrons. The molecule has 1 aromatic carbocycles. The van der Waals surface area contributed by atoms with Crippen molar-refractivity contribution in [2.45, 2.75) is 13.0 Å². The van der Waals surface area contributed by atoms with Gasteiger partial charge >= 0.3 is 0 Å². The molecule has 6 heteroatoms. The van der Waals surface area contributed by atoms with Gasteiger partial charge in [-0.2, -0.15) is 0 Å². The number of carbonyl (C=O) groups excluding carboxylic acids is 1. The van der Waals surface area contributed by atoms with Crippen LogP contribution in [0.3, 0.4) is 0 Å². The Morgan fingerprint density at radius 3 is 2.60 bits per heavy atom. The minimum atomic E-state index is -0.580. The van der Waals surface area contributed by atoms with E-state index in [2.05, 4.69) is 10.3 Å². The summed E-state index contributed by atoms with van der Waals surface area (Å²) in [7, 11) is 0. The first-order chi connectivity index (χ1) is 9.49. The maximum absolute atomic E-state index is 11.5. The lowest BCUT2D eigenvalue weighted by atomic mass is 10.1. The summed E-state index contributed by atoms with van der Waals surface area (Å²) in [5.74, 6) is -0.580. The summed E-state index contributed by atoms with van der Waals surface area (Å²) in [6.07, 6.45) is 3.40. The highest BCUT2D eigenvalue weighted by molar-refractivity contribution is 6.34. The van der Waals surface area contributed by atoms with Crippen LogP contribution < -0.4 is 16.8 Å². The number of anilines is 2. The number of nitrogens with two attached hydrogens (primary N) is 2. The number of carbonyl (C=O) groups is 1. The molecular weight excluding hydrogens is 276 g/mol. The van der Waals surface area contributed by atoms with E-state index in [1.54, 1.807) is 18.5 Å². The van der Waals surface area contributed by atoms with Gasteiger partial charge < -0.3 is 16.8 Å². The Hall–Kier alpha value is -2.27. The van der Waals surface area contributed by atoms with Crippen molar-refractivity contribution in [3.8, 4) is 0 Å². The molecule has 0 aliphatic heterocycles. The van der Waals surface area contributed by atoms with Gasteiger partial charge in [0.25, 0.3) is 5.91 Å². The molecule has 1 unspecified atom stereocenters. The summed E-state index contributed by atoms with van der Waals surface area (Å²) in [6, 6.07) is 6.79. The van der Waals surface area contributed by atoms with E-state index in [1.165, 1.54) is 6.07 Å². The Kier molecular flexibility index (Phi) is 4.10. The zero-order chi connectivity index (χ0) is 14.7. The number of nitrogen functional groups attached to an aromatic ring is 1. The highest BCUT2D eigenvalue weighted by Gasteiger charge is 2.16. The third-order valence-electron chi connectivity index (χ3n) is 2.94. The number of nitrogens with zero attached hydrogens (tertiary/aromatic N) is 1. The first-order valence-electron chi connectivity index (χ1n) is 6.04. The average Bonchev–Trinajstić information content (AvgIpc) is 2.42. The summed E-state index contributed by atoms with van der Waals surface area (Å²) >= 11 is 6.15. The third kappa shape index (κ3) is 3.00. The van der Waals surface area contributed by atoms with E-state index in [1.807, 2.05) is 19.1 Å². The molecular formula is C14H15ClN4O. The van der Waals surface area contributed by atoms with E-state index in [-0.39, 0.29) is 11.6 Å². The van der Waals surface area contributed by atoms with Gasteiger partial charge in [0.15, 0.2) is 0 Å². The first-order valence-corrected chi connectivity index (χ1v) is 6.42. The number of halogens is 1. The molecule has 2 aromatic rings. The Labute approximate surface area is 121 Å². The molecule has 2 rings (SSSR count). The monoisotopic (exact) mass is 290 g/mol. The smallest absolute Gasteiger partial charge is 0.250 e. The van der Waals surface area contributed by atoms with Crippen molar-refractivity contribution in [2.75, 3.05) is 11.1 Å². The number of primary amides is 1. The van der Waals surface area contributed by atoms with E-state index in [0.717, 1.165) is 5.56 Å². The number of hydrogen-bond acceptors (Lipinski definition) is 4. The van der Waals surface area contributed by atoms with Gasteiger partial charge in [-0.3, -0.25) is 9.78 Å². The zero-order valence-electron chi connectivity index (χ0n) is 10.9. The number of aromatic nitrogens is 1. The lowest BCUT2D eigenvalue weighted by Gasteiger charge is -2.19. The lowest BCUT2D eigenvalue weighted by Crippen LogP contribution is -2.17. The molecule has 0 aliphatic carbocycles. The van der Waals surface area contributed by atoms with Gasteiger partial charge in [0, 0.05) is 24.1 Å². The van der Waals surface area contributed by atoms with Gasteiger partial charge in [-0.05, 0) is 36.8 Å². The molecule has 1 amide bonds. The van der Waals surface area contributed by atoms with Gasteiger partial charge in [-0.1, -0.05) is 11.6 Å². The Bertz CT molecular complexity index is 631. The second-order valence-corrected chi connectivity index (χ2v) is 4.84. The summed E-state index contributed by atoms with van der Waals surface area (Å²) in [5.41, 5.74) is 13.2. The topological polar surface area (TPSA) is 94.0 Å². The SMILES string of the molecule is CC(Nc1c(Cl)cc(N)cc1C(N)=O)c1ccncc1. The van der Waals surface area contributed by atoms with E-state index in [9.17, 15) is 4.79 Å². The minimum absolute atomic E-state index is 0.0581. The maximum Gasteiger partial charge on any atom is 0.250 e. The molecule has 1 aromatic heterocycles. The van der Waals surface area contributed by atoms with Crippen molar-refractivity contribution in [2.24, 2.45) is 5.73 Å². The van der Waals surface area contributed by atoms with E-state index < -0.39 is 5.91 Å². The predicted molar refractivity (Wildman–Crippen MR) is 80.7 cm³/mol. The van der Waals surface area contributed by atoms with Gasteiger partial charge in [-0.25, -0.2) is 0 Å². The standard InChI is InChI=1S/C14H15ClN4O/c1-8(9-2-4-18-5-3-9)19-13-11(14(17)20)6-10(16)7-12(13)15/h2-8,19H,16H2,1H3,(H2,17,20). The molecule has 0 saturated carbocycles. The van der Waals surface area contributed by atoms with Crippen LogP contribution in [0, 0.1) is 0 Å². The van der Waals surface area contributed by atoms with Crippen LogP contribution in [-0.2, 0) is 0 Å². The van der Waals surface area contributed by atoms with Crippen LogP contribution >= 0.6 is 11.6 Å². The van der Waals surface area contributed by atoms with Gasteiger partial charge in [0.2, 0.25) is 0 Å². The average molecular weight is 291 g/mol. The van der Waals surface area contributed by atoms with Crippen LogP contribution in [0.15, 0.2) is 36.7 Å². The number of pyridine rings is 1. The van der Waals surface area contributed by atoms with Crippen LogP contribution in [0.1, 0.15) is 28.9 Å². The van der Waals surface area contributed by atoms with Crippen LogP contribution in [0.4, 0.5) is 11.4 Å². The molecule has 0 bridgehead atoms. The third-order valence-corrected chi connectivity index (χ3v) is 3.24. The number of hydrogen-bond donors (Lipinski definition) is 3. The molecule has 1 heterocycles. The number of amides is 1. The second-order valence-electron chi connectivity index (χ2n) is 4.44. The molecule has 5 nitrogen and oxygen atoms in total. The largest absolute Gasteiger partial charge is 0.399 e. The highest BCUT2D eigenvalue weighted by atomic mass is 35.5. The molecule has 0 radical (unpaired) electrons. The summed E-state index contributed by atoms with van der Waals surface area (Å²) in [6.45, 7) is 1.95. The van der Waals surface area contributed by atoms with E-state index in [0.29, 0.717) is 16.4 Å². The van der Waals surface area contributed by atoms with Crippen molar-refractivity contribution in [1.82, 2.24) is 4.98 Å². The summed E-state index contributed by atoms with van der Waals surface area (Å²) in [4.78, 5) is 15.5. The Morgan fingerprint density at radius 1 is 1.35 bits per heavy atom. The molecule has 20 heavy (non-hydrogen) atoms. The molecule has 5 N–H and O–H groups in total. The fourth-order valence-electron chi connectivity index (χ4n) is 1.92. The normalized spacial score (nSPS) is 11.9. The van der Waals surface area contributed by atoms with Gasteiger partial charge in [0.1, 0.15) is 0 Å². The fourth-order valence-corrected chi connectivity index (χ4v) is 2.20. The van der Waals surface area contributed by atoms with Crippen molar-refractivity contribution >= 4 is 28.9 Å². The predicted octanol–water partition coefficient (Wildman–Crippen LogP) is 2.59. The molecule has 0 spiro atoms. The Morgan fingerprint density at radius 2 is 2.00 bits per heavy atom. The van der Waals surface area contributed by atoms with Gasteiger partial charge in [-0.15, -0.1) is 0 Å². The van der Waals surface area contributed by atoms with Gasteiger partial charge in [0.05, 0.1) is 16.3 Å². The van der Waals surface area contributed by atoms with E-state index in [4.69, 9.17) is 23.1 Å². The van der Waals surface area contributed by atoms with Crippen molar-refractivity contribution in [1.29, 1.82) is 0 Å². The fraction of sp³-hybridized carbons (Fsp3) is 0.143. The summed E-state index contributed by atoms with van der Waals surface area (Å²) < 4.78 is 0. The van der Waals surface area contributed by atoms with Crippen LogP contribution in [0.25, 0.3) is 0 Å². The van der Waals surface area contributed by atoms with Crippen molar-refractivity contribution in [3.05, 3.63) is 52.8 Å². The maximum atomic E-state index is 11.5. The number of benzene rings is 1. The molecule has 0 saturated heterocycles. The molecule has 0 aliphatic rings. The number of nitrogens with one attached hydrogen (secondary N) is 1. The highest BCUT2D eigenvalue weighted by Crippen LogP contribution is 2.31. The second kappa shape index (κ2) is 5.79. The first kappa shape index (κ1) is 14.1. The van der Waals surface area contributed by atoms with Crippen molar-refractivity contribution < 1.29 is 4.79 Å². The zero-order valence-corrected chi connectivity index (χ0v) is 11.7. The summed E-state index contributed by atoms with van der Waals surface area (Å²) in [5, 5.41) is 3.55. The molecule has 0 fully saturated rings. The quantitative estimate of drug-likeness (QED) is 0.754. The van der Waals surface area contributed by atoms with E-state index >= 15 is 0 Å².